The number of aliphatic hydroxyl groups excluding tert-OH is 1. The monoisotopic (exact) mass is 299 g/mol. The Bertz CT molecular complexity index is 643. The summed E-state index contributed by atoms with van der Waals surface area (Å²) >= 11 is 1.73. The molecule has 1 heterocycles. The molecule has 0 aliphatic carbocycles. The zero-order chi connectivity index (χ0) is 15.2. The van der Waals surface area contributed by atoms with E-state index in [9.17, 15) is 0 Å². The van der Waals surface area contributed by atoms with Crippen molar-refractivity contribution in [2.24, 2.45) is 0 Å². The Hall–Kier alpha value is -1.76. The number of anilines is 1. The van der Waals surface area contributed by atoms with Crippen LogP contribution in [0, 0.1) is 25.7 Å². The van der Waals surface area contributed by atoms with E-state index in [1.54, 1.807) is 11.3 Å². The summed E-state index contributed by atoms with van der Waals surface area (Å²) in [6, 6.07) is 8.75. The van der Waals surface area contributed by atoms with Crippen molar-refractivity contribution in [1.82, 2.24) is 0 Å². The van der Waals surface area contributed by atoms with Crippen molar-refractivity contribution < 1.29 is 5.11 Å². The number of hydrogen-bond donors (Lipinski definition) is 1. The fraction of sp³-hybridized carbons (Fsp3) is 0.333. The van der Waals surface area contributed by atoms with Crippen molar-refractivity contribution in [2.75, 3.05) is 18.6 Å². The third-order valence-electron chi connectivity index (χ3n) is 3.16. The van der Waals surface area contributed by atoms with Gasteiger partial charge in [0.1, 0.15) is 0 Å². The second-order valence-electron chi connectivity index (χ2n) is 5.28. The number of hydrogen-bond acceptors (Lipinski definition) is 3. The SMILES string of the molecule is Cc1cc(C)cc(N(C)Cc2cc(C#CCCO)cs2)c1. The lowest BCUT2D eigenvalue weighted by molar-refractivity contribution is 0.305. The fourth-order valence-corrected chi connectivity index (χ4v) is 3.11. The predicted molar refractivity (Wildman–Crippen MR) is 90.9 cm³/mol. The normalized spacial score (nSPS) is 10.1. The Morgan fingerprint density at radius 1 is 1.14 bits per heavy atom. The molecule has 0 saturated heterocycles. The average molecular weight is 299 g/mol. The molecule has 1 N–H and O–H groups in total. The highest BCUT2D eigenvalue weighted by atomic mass is 32.1. The number of aryl methyl sites for hydroxylation is 2. The molecule has 0 radical (unpaired) electrons. The minimum absolute atomic E-state index is 0.124. The number of rotatable bonds is 4. The van der Waals surface area contributed by atoms with E-state index in [0.717, 1.165) is 12.1 Å². The number of benzene rings is 1. The molecule has 3 heteroatoms. The first kappa shape index (κ1) is 15.6. The maximum atomic E-state index is 8.73. The molecule has 0 unspecified atom stereocenters. The van der Waals surface area contributed by atoms with Crippen LogP contribution in [0.25, 0.3) is 0 Å². The van der Waals surface area contributed by atoms with Gasteiger partial charge in [0.15, 0.2) is 0 Å². The van der Waals surface area contributed by atoms with Gasteiger partial charge in [0, 0.05) is 35.0 Å². The lowest BCUT2D eigenvalue weighted by Crippen LogP contribution is -2.15. The minimum Gasteiger partial charge on any atom is -0.395 e. The molecule has 1 aromatic carbocycles. The van der Waals surface area contributed by atoms with E-state index in [2.05, 4.69) is 67.3 Å². The van der Waals surface area contributed by atoms with Crippen LogP contribution in [0.1, 0.15) is 28.0 Å². The highest BCUT2D eigenvalue weighted by Gasteiger charge is 2.05. The summed E-state index contributed by atoms with van der Waals surface area (Å²) in [6.07, 6.45) is 0.535. The van der Waals surface area contributed by atoms with E-state index in [4.69, 9.17) is 5.11 Å². The summed E-state index contributed by atoms with van der Waals surface area (Å²) in [6.45, 7) is 5.27. The predicted octanol–water partition coefficient (Wildman–Crippen LogP) is 3.74. The van der Waals surface area contributed by atoms with Crippen LogP contribution in [0.3, 0.4) is 0 Å². The molecule has 0 aliphatic rings. The first-order valence-corrected chi connectivity index (χ1v) is 7.93. The third-order valence-corrected chi connectivity index (χ3v) is 4.09. The van der Waals surface area contributed by atoms with Gasteiger partial charge in [0.25, 0.3) is 0 Å². The molecular formula is C18H21NOS. The van der Waals surface area contributed by atoms with Crippen molar-refractivity contribution in [3.63, 3.8) is 0 Å². The smallest absolute Gasteiger partial charge is 0.0540 e. The molecule has 2 nitrogen and oxygen atoms in total. The van der Waals surface area contributed by atoms with E-state index >= 15 is 0 Å². The van der Waals surface area contributed by atoms with Gasteiger partial charge in [0.2, 0.25) is 0 Å². The van der Waals surface area contributed by atoms with Crippen LogP contribution in [-0.2, 0) is 6.54 Å². The average Bonchev–Trinajstić information content (AvgIpc) is 2.85. The van der Waals surface area contributed by atoms with Crippen LogP contribution in [0.4, 0.5) is 5.69 Å². The van der Waals surface area contributed by atoms with Gasteiger partial charge in [-0.1, -0.05) is 17.9 Å². The van der Waals surface area contributed by atoms with Gasteiger partial charge >= 0.3 is 0 Å². The molecule has 2 aromatic rings. The Balaban J connectivity index is 2.06. The van der Waals surface area contributed by atoms with E-state index in [1.807, 2.05) is 0 Å². The quantitative estimate of drug-likeness (QED) is 0.870. The molecule has 0 fully saturated rings. The van der Waals surface area contributed by atoms with Crippen LogP contribution in [-0.4, -0.2) is 18.8 Å². The summed E-state index contributed by atoms with van der Waals surface area (Å²) < 4.78 is 0. The highest BCUT2D eigenvalue weighted by molar-refractivity contribution is 7.10. The van der Waals surface area contributed by atoms with E-state index in [-0.39, 0.29) is 6.61 Å². The van der Waals surface area contributed by atoms with Gasteiger partial charge in [-0.25, -0.2) is 0 Å². The van der Waals surface area contributed by atoms with Crippen LogP contribution < -0.4 is 4.90 Å². The van der Waals surface area contributed by atoms with Crippen molar-refractivity contribution >= 4 is 17.0 Å². The van der Waals surface area contributed by atoms with Gasteiger partial charge in [0.05, 0.1) is 13.2 Å². The number of thiophene rings is 1. The largest absolute Gasteiger partial charge is 0.395 e. The Kier molecular flexibility index (Phi) is 5.44. The third kappa shape index (κ3) is 4.63. The summed E-state index contributed by atoms with van der Waals surface area (Å²) in [5.74, 6) is 6.04. The molecular weight excluding hydrogens is 278 g/mol. The Labute approximate surface area is 131 Å². The summed E-state index contributed by atoms with van der Waals surface area (Å²) in [4.78, 5) is 3.56. The van der Waals surface area contributed by atoms with E-state index in [0.29, 0.717) is 6.42 Å². The molecule has 0 bridgehead atoms. The molecule has 2 rings (SSSR count). The van der Waals surface area contributed by atoms with Crippen molar-refractivity contribution in [3.05, 3.63) is 51.2 Å². The zero-order valence-corrected chi connectivity index (χ0v) is 13.6. The Morgan fingerprint density at radius 3 is 2.52 bits per heavy atom. The first-order chi connectivity index (χ1) is 10.1. The first-order valence-electron chi connectivity index (χ1n) is 7.05. The van der Waals surface area contributed by atoms with Crippen molar-refractivity contribution in [2.45, 2.75) is 26.8 Å². The second-order valence-corrected chi connectivity index (χ2v) is 6.27. The highest BCUT2D eigenvalue weighted by Crippen LogP contribution is 2.22. The van der Waals surface area contributed by atoms with Crippen molar-refractivity contribution in [1.29, 1.82) is 0 Å². The van der Waals surface area contributed by atoms with Gasteiger partial charge in [-0.2, -0.15) is 0 Å². The van der Waals surface area contributed by atoms with E-state index < -0.39 is 0 Å². The van der Waals surface area contributed by atoms with Crippen LogP contribution in [0.15, 0.2) is 29.6 Å². The number of nitrogens with zero attached hydrogens (tertiary/aromatic N) is 1. The van der Waals surface area contributed by atoms with Crippen LogP contribution >= 0.6 is 11.3 Å². The lowest BCUT2D eigenvalue weighted by atomic mass is 10.1. The van der Waals surface area contributed by atoms with Gasteiger partial charge in [-0.15, -0.1) is 11.3 Å². The van der Waals surface area contributed by atoms with Gasteiger partial charge in [-0.05, 0) is 43.2 Å². The molecule has 0 amide bonds. The van der Waals surface area contributed by atoms with Gasteiger partial charge in [-0.3, -0.25) is 0 Å². The van der Waals surface area contributed by atoms with Crippen LogP contribution in [0.5, 0.6) is 0 Å². The summed E-state index contributed by atoms with van der Waals surface area (Å²) in [5, 5.41) is 10.8. The summed E-state index contributed by atoms with van der Waals surface area (Å²) in [5.41, 5.74) is 4.86. The molecule has 0 aliphatic heterocycles. The molecule has 0 spiro atoms. The second kappa shape index (κ2) is 7.31. The number of aliphatic hydroxyl groups is 1. The van der Waals surface area contributed by atoms with Crippen LogP contribution in [0.2, 0.25) is 0 Å². The summed E-state index contributed by atoms with van der Waals surface area (Å²) in [7, 11) is 2.12. The maximum Gasteiger partial charge on any atom is 0.0540 e. The lowest BCUT2D eigenvalue weighted by Gasteiger charge is -2.19. The molecule has 0 atom stereocenters. The minimum atomic E-state index is 0.124. The molecule has 110 valence electrons. The standard InChI is InChI=1S/C18H21NOS/c1-14-8-15(2)10-17(9-14)19(3)12-18-11-16(13-21-18)6-4-5-7-20/h8-11,13,20H,5,7,12H2,1-3H3. The Morgan fingerprint density at radius 2 is 1.86 bits per heavy atom. The topological polar surface area (TPSA) is 23.5 Å². The van der Waals surface area contributed by atoms with Crippen molar-refractivity contribution in [3.8, 4) is 11.8 Å². The molecule has 1 aromatic heterocycles. The van der Waals surface area contributed by atoms with Gasteiger partial charge < -0.3 is 10.0 Å². The fourth-order valence-electron chi connectivity index (χ4n) is 2.25. The maximum absolute atomic E-state index is 8.73. The zero-order valence-electron chi connectivity index (χ0n) is 12.8. The molecule has 0 saturated carbocycles. The van der Waals surface area contributed by atoms with E-state index in [1.165, 1.54) is 21.7 Å². The molecule has 21 heavy (non-hydrogen) atoms.